The number of aryl methyl sites for hydroxylation is 2. The number of halogens is 1. The molecule has 2 aromatic rings. The van der Waals surface area contributed by atoms with Gasteiger partial charge in [0.25, 0.3) is 0 Å². The minimum atomic E-state index is 0.0256. The molecule has 5 nitrogen and oxygen atoms in total. The summed E-state index contributed by atoms with van der Waals surface area (Å²) in [5.41, 5.74) is 5.56. The van der Waals surface area contributed by atoms with Crippen molar-refractivity contribution in [2.45, 2.75) is 41.2 Å². The quantitative estimate of drug-likeness (QED) is 0.677. The van der Waals surface area contributed by atoms with E-state index >= 15 is 0 Å². The smallest absolute Gasteiger partial charge is 0.246 e. The molecular formula is C23H31ClN4O. The Morgan fingerprint density at radius 1 is 1.17 bits per heavy atom. The van der Waals surface area contributed by atoms with Gasteiger partial charge < -0.3 is 9.80 Å². The van der Waals surface area contributed by atoms with E-state index in [-0.39, 0.29) is 5.91 Å². The zero-order valence-electron chi connectivity index (χ0n) is 18.1. The molecule has 0 unspecified atom stereocenters. The Morgan fingerprint density at radius 2 is 1.86 bits per heavy atom. The lowest BCUT2D eigenvalue weighted by atomic mass is 10.1. The van der Waals surface area contributed by atoms with E-state index in [4.69, 9.17) is 11.6 Å². The van der Waals surface area contributed by atoms with E-state index in [1.54, 1.807) is 12.2 Å². The van der Waals surface area contributed by atoms with Gasteiger partial charge in [-0.25, -0.2) is 0 Å². The molecule has 1 fully saturated rings. The van der Waals surface area contributed by atoms with Crippen LogP contribution in [0, 0.1) is 26.7 Å². The third-order valence-electron chi connectivity index (χ3n) is 5.55. The number of aromatic nitrogens is 2. The third kappa shape index (κ3) is 4.84. The molecule has 0 spiro atoms. The first-order chi connectivity index (χ1) is 13.8. The minimum Gasteiger partial charge on any atom is -0.368 e. The first kappa shape index (κ1) is 21.4. The molecule has 1 saturated heterocycles. The summed E-state index contributed by atoms with van der Waals surface area (Å²) in [6.45, 7) is 14.4. The normalized spacial score (nSPS) is 15.0. The number of carbonyl (C=O) groups is 1. The van der Waals surface area contributed by atoms with Gasteiger partial charge in [-0.05, 0) is 50.0 Å². The maximum Gasteiger partial charge on any atom is 0.246 e. The summed E-state index contributed by atoms with van der Waals surface area (Å²) in [4.78, 5) is 17.0. The highest BCUT2D eigenvalue weighted by Gasteiger charge is 2.21. The molecular weight excluding hydrogens is 384 g/mol. The Labute approximate surface area is 178 Å². The topological polar surface area (TPSA) is 41.4 Å². The molecule has 3 rings (SSSR count). The van der Waals surface area contributed by atoms with Crippen LogP contribution >= 0.6 is 11.6 Å². The molecule has 0 N–H and O–H groups in total. The lowest BCUT2D eigenvalue weighted by Crippen LogP contribution is -2.48. The van der Waals surface area contributed by atoms with Crippen LogP contribution in [0.15, 0.2) is 24.3 Å². The predicted octanol–water partition coefficient (Wildman–Crippen LogP) is 4.48. The molecule has 6 heteroatoms. The second kappa shape index (κ2) is 9.04. The zero-order valence-corrected chi connectivity index (χ0v) is 18.8. The van der Waals surface area contributed by atoms with E-state index in [0.717, 1.165) is 44.0 Å². The first-order valence-electron chi connectivity index (χ1n) is 10.3. The zero-order chi connectivity index (χ0) is 21.1. The predicted molar refractivity (Wildman–Crippen MR) is 121 cm³/mol. The van der Waals surface area contributed by atoms with Gasteiger partial charge in [0.15, 0.2) is 0 Å². The maximum atomic E-state index is 12.7. The van der Waals surface area contributed by atoms with Crippen LogP contribution in [0.25, 0.3) is 6.08 Å². The van der Waals surface area contributed by atoms with Crippen LogP contribution in [0.4, 0.5) is 5.69 Å². The van der Waals surface area contributed by atoms with Crippen molar-refractivity contribution in [3.05, 3.63) is 51.8 Å². The Bertz CT molecular complexity index is 908. The lowest BCUT2D eigenvalue weighted by Gasteiger charge is -2.36. The minimum absolute atomic E-state index is 0.0256. The van der Waals surface area contributed by atoms with Crippen molar-refractivity contribution in [2.75, 3.05) is 31.1 Å². The van der Waals surface area contributed by atoms with Crippen molar-refractivity contribution in [1.82, 2.24) is 14.7 Å². The molecule has 1 aromatic heterocycles. The Morgan fingerprint density at radius 3 is 2.52 bits per heavy atom. The highest BCUT2D eigenvalue weighted by molar-refractivity contribution is 6.31. The van der Waals surface area contributed by atoms with Gasteiger partial charge in [-0.1, -0.05) is 37.6 Å². The summed E-state index contributed by atoms with van der Waals surface area (Å²) in [7, 11) is 0. The molecule has 2 heterocycles. The van der Waals surface area contributed by atoms with E-state index in [1.165, 1.54) is 16.8 Å². The van der Waals surface area contributed by atoms with Crippen LogP contribution in [0.1, 0.15) is 36.2 Å². The number of benzene rings is 1. The average molecular weight is 415 g/mol. The fraction of sp³-hybridized carbons (Fsp3) is 0.478. The van der Waals surface area contributed by atoms with Gasteiger partial charge in [-0.3, -0.25) is 9.48 Å². The second-order valence-electron chi connectivity index (χ2n) is 8.23. The van der Waals surface area contributed by atoms with Crippen LogP contribution in [-0.2, 0) is 11.3 Å². The molecule has 0 bridgehead atoms. The summed E-state index contributed by atoms with van der Waals surface area (Å²) in [5.74, 6) is 0.483. The summed E-state index contributed by atoms with van der Waals surface area (Å²) in [6.07, 6.45) is 3.43. The first-order valence-corrected chi connectivity index (χ1v) is 10.7. The molecule has 0 atom stereocenters. The van der Waals surface area contributed by atoms with Gasteiger partial charge in [0.05, 0.1) is 5.69 Å². The summed E-state index contributed by atoms with van der Waals surface area (Å²) in [6, 6.07) is 6.41. The summed E-state index contributed by atoms with van der Waals surface area (Å²) >= 11 is 6.48. The molecule has 1 aliphatic rings. The van der Waals surface area contributed by atoms with Crippen molar-refractivity contribution in [3.63, 3.8) is 0 Å². The van der Waals surface area contributed by atoms with E-state index in [0.29, 0.717) is 11.1 Å². The van der Waals surface area contributed by atoms with Gasteiger partial charge in [0.1, 0.15) is 5.15 Å². The molecule has 156 valence electrons. The van der Waals surface area contributed by atoms with Crippen molar-refractivity contribution in [3.8, 4) is 0 Å². The largest absolute Gasteiger partial charge is 0.368 e. The number of hydrogen-bond donors (Lipinski definition) is 0. The van der Waals surface area contributed by atoms with E-state index < -0.39 is 0 Å². The van der Waals surface area contributed by atoms with Crippen LogP contribution < -0.4 is 4.90 Å². The third-order valence-corrected chi connectivity index (χ3v) is 5.95. The van der Waals surface area contributed by atoms with Gasteiger partial charge in [0.2, 0.25) is 5.91 Å². The second-order valence-corrected chi connectivity index (χ2v) is 8.59. The van der Waals surface area contributed by atoms with Crippen molar-refractivity contribution in [2.24, 2.45) is 5.92 Å². The van der Waals surface area contributed by atoms with E-state index in [9.17, 15) is 4.79 Å². The van der Waals surface area contributed by atoms with Crippen molar-refractivity contribution in [1.29, 1.82) is 0 Å². The lowest BCUT2D eigenvalue weighted by molar-refractivity contribution is -0.126. The number of carbonyl (C=O) groups excluding carboxylic acids is 1. The maximum absolute atomic E-state index is 12.7. The highest BCUT2D eigenvalue weighted by Crippen LogP contribution is 2.25. The standard InChI is InChI=1S/C23H31ClN4O/c1-16(2)15-28-23(24)20(19(5)25-28)9-10-22(29)27-13-11-26(12-14-27)21-8-6-7-17(3)18(21)4/h6-10,16H,11-15H2,1-5H3/b10-9+. The SMILES string of the molecule is Cc1cccc(N2CCN(C(=O)/C=C/c3c(C)nn(CC(C)C)c3Cl)CC2)c1C. The summed E-state index contributed by atoms with van der Waals surface area (Å²) in [5, 5.41) is 5.10. The number of rotatable bonds is 5. The molecule has 0 aliphatic carbocycles. The van der Waals surface area contributed by atoms with Crippen LogP contribution in [0.2, 0.25) is 5.15 Å². The average Bonchev–Trinajstić information content (AvgIpc) is 2.94. The molecule has 1 aromatic carbocycles. The fourth-order valence-corrected chi connectivity index (χ4v) is 4.04. The number of anilines is 1. The van der Waals surface area contributed by atoms with Crippen molar-refractivity contribution < 1.29 is 4.79 Å². The van der Waals surface area contributed by atoms with Crippen LogP contribution in [-0.4, -0.2) is 46.8 Å². The highest BCUT2D eigenvalue weighted by atomic mass is 35.5. The molecule has 0 radical (unpaired) electrons. The molecule has 0 saturated carbocycles. The van der Waals surface area contributed by atoms with E-state index in [1.807, 2.05) is 16.5 Å². The number of amides is 1. The Balaban J connectivity index is 1.63. The molecule has 1 amide bonds. The van der Waals surface area contributed by atoms with Gasteiger partial charge in [0, 0.05) is 50.1 Å². The molecule has 1 aliphatic heterocycles. The van der Waals surface area contributed by atoms with Gasteiger partial charge in [-0.15, -0.1) is 0 Å². The number of hydrogen-bond acceptors (Lipinski definition) is 3. The Hall–Kier alpha value is -2.27. The van der Waals surface area contributed by atoms with E-state index in [2.05, 4.69) is 55.9 Å². The van der Waals surface area contributed by atoms with Crippen LogP contribution in [0.5, 0.6) is 0 Å². The number of nitrogens with zero attached hydrogens (tertiary/aromatic N) is 4. The van der Waals surface area contributed by atoms with Crippen LogP contribution in [0.3, 0.4) is 0 Å². The van der Waals surface area contributed by atoms with Crippen molar-refractivity contribution >= 4 is 29.3 Å². The monoisotopic (exact) mass is 414 g/mol. The molecule has 29 heavy (non-hydrogen) atoms. The number of piperazine rings is 1. The van der Waals surface area contributed by atoms with Gasteiger partial charge >= 0.3 is 0 Å². The Kier molecular flexibility index (Phi) is 6.68. The van der Waals surface area contributed by atoms with Gasteiger partial charge in [-0.2, -0.15) is 5.10 Å². The summed E-state index contributed by atoms with van der Waals surface area (Å²) < 4.78 is 1.81. The fourth-order valence-electron chi connectivity index (χ4n) is 3.73.